The van der Waals surface area contributed by atoms with E-state index < -0.39 is 10.0 Å². The number of carbonyl (C=O) groups excluding carboxylic acids is 1. The summed E-state index contributed by atoms with van der Waals surface area (Å²) in [6.45, 7) is 0.699. The van der Waals surface area contributed by atoms with Crippen LogP contribution in [0.15, 0.2) is 59.1 Å². The Morgan fingerprint density at radius 2 is 1.92 bits per heavy atom. The molecule has 5 nitrogen and oxygen atoms in total. The Morgan fingerprint density at radius 1 is 1.15 bits per heavy atom. The number of nitrogens with one attached hydrogen (secondary N) is 1. The quantitative estimate of drug-likeness (QED) is 0.777. The Kier molecular flexibility index (Phi) is 6.11. The Labute approximate surface area is 162 Å². The number of carbonyl (C=O) groups is 1. The average Bonchev–Trinajstić information content (AvgIpc) is 2.62. The third-order valence-corrected chi connectivity index (χ3v) is 6.74. The summed E-state index contributed by atoms with van der Waals surface area (Å²) in [4.78, 5) is 12.6. The molecule has 1 fully saturated rings. The number of amides is 1. The number of sulfonamides is 1. The van der Waals surface area contributed by atoms with Crippen molar-refractivity contribution >= 4 is 37.5 Å². The highest BCUT2D eigenvalue weighted by Gasteiger charge is 2.32. The molecule has 1 atom stereocenters. The van der Waals surface area contributed by atoms with Crippen molar-refractivity contribution in [1.82, 2.24) is 4.31 Å². The maximum Gasteiger partial charge on any atom is 0.228 e. The minimum Gasteiger partial charge on any atom is -0.326 e. The summed E-state index contributed by atoms with van der Waals surface area (Å²) >= 11 is 3.38. The van der Waals surface area contributed by atoms with Gasteiger partial charge in [0.1, 0.15) is 0 Å². The fourth-order valence-corrected chi connectivity index (χ4v) is 5.11. The van der Waals surface area contributed by atoms with E-state index in [1.54, 1.807) is 12.1 Å². The number of piperidine rings is 1. The summed E-state index contributed by atoms with van der Waals surface area (Å²) in [5.41, 5.74) is 1.46. The third kappa shape index (κ3) is 4.93. The Hall–Kier alpha value is -1.70. The van der Waals surface area contributed by atoms with E-state index in [1.807, 2.05) is 42.5 Å². The van der Waals surface area contributed by atoms with E-state index in [-0.39, 0.29) is 24.1 Å². The van der Waals surface area contributed by atoms with Crippen LogP contribution >= 0.6 is 15.9 Å². The van der Waals surface area contributed by atoms with E-state index in [0.29, 0.717) is 25.1 Å². The molecule has 0 aliphatic carbocycles. The molecule has 26 heavy (non-hydrogen) atoms. The van der Waals surface area contributed by atoms with Crippen LogP contribution in [0.3, 0.4) is 0 Å². The minimum atomic E-state index is -3.44. The molecule has 1 aliphatic rings. The van der Waals surface area contributed by atoms with Crippen molar-refractivity contribution in [2.75, 3.05) is 18.4 Å². The fourth-order valence-electron chi connectivity index (χ4n) is 3.10. The van der Waals surface area contributed by atoms with Crippen LogP contribution in [0.5, 0.6) is 0 Å². The van der Waals surface area contributed by atoms with Gasteiger partial charge in [0.05, 0.1) is 11.7 Å². The van der Waals surface area contributed by atoms with Crippen molar-refractivity contribution in [2.45, 2.75) is 18.6 Å². The highest BCUT2D eigenvalue weighted by molar-refractivity contribution is 9.10. The molecular formula is C19H21BrN2O3S. The lowest BCUT2D eigenvalue weighted by molar-refractivity contribution is -0.120. The van der Waals surface area contributed by atoms with E-state index >= 15 is 0 Å². The molecule has 0 radical (unpaired) electrons. The molecule has 0 unspecified atom stereocenters. The first-order chi connectivity index (χ1) is 12.4. The second-order valence-electron chi connectivity index (χ2n) is 6.44. The lowest BCUT2D eigenvalue weighted by Crippen LogP contribution is -2.44. The molecule has 0 aromatic heterocycles. The normalized spacial score (nSPS) is 18.4. The van der Waals surface area contributed by atoms with Gasteiger partial charge in [0.2, 0.25) is 15.9 Å². The maximum atomic E-state index is 12.7. The standard InChI is InChI=1S/C19H21BrN2O3S/c20-17-9-4-10-18(12-17)21-19(23)16-8-5-11-22(13-16)26(24,25)14-15-6-2-1-3-7-15/h1-4,6-7,9-10,12,16H,5,8,11,13-14H2,(H,21,23)/t16-/m0/s1. The second kappa shape index (κ2) is 8.33. The van der Waals surface area contributed by atoms with Gasteiger partial charge in [0.15, 0.2) is 0 Å². The smallest absolute Gasteiger partial charge is 0.228 e. The molecular weight excluding hydrogens is 416 g/mol. The molecule has 1 aliphatic heterocycles. The van der Waals surface area contributed by atoms with Gasteiger partial charge in [-0.1, -0.05) is 52.3 Å². The molecule has 7 heteroatoms. The van der Waals surface area contributed by atoms with Crippen LogP contribution in [0.4, 0.5) is 5.69 Å². The molecule has 0 bridgehead atoms. The Morgan fingerprint density at radius 3 is 2.65 bits per heavy atom. The van der Waals surface area contributed by atoms with E-state index in [9.17, 15) is 13.2 Å². The van der Waals surface area contributed by atoms with E-state index in [1.165, 1.54) is 4.31 Å². The van der Waals surface area contributed by atoms with Gasteiger partial charge in [-0.2, -0.15) is 0 Å². The van der Waals surface area contributed by atoms with Crippen LogP contribution in [0.2, 0.25) is 0 Å². The van der Waals surface area contributed by atoms with E-state index in [2.05, 4.69) is 21.2 Å². The number of rotatable bonds is 5. The molecule has 0 spiro atoms. The molecule has 0 saturated carbocycles. The zero-order chi connectivity index (χ0) is 18.6. The van der Waals surface area contributed by atoms with Crippen molar-refractivity contribution in [3.8, 4) is 0 Å². The van der Waals surface area contributed by atoms with Crippen LogP contribution in [-0.2, 0) is 20.6 Å². The van der Waals surface area contributed by atoms with E-state index in [4.69, 9.17) is 0 Å². The predicted molar refractivity (Wildman–Crippen MR) is 106 cm³/mol. The van der Waals surface area contributed by atoms with Gasteiger partial charge >= 0.3 is 0 Å². The monoisotopic (exact) mass is 436 g/mol. The molecule has 3 rings (SSSR count). The van der Waals surface area contributed by atoms with Crippen LogP contribution in [0.1, 0.15) is 18.4 Å². The number of halogens is 1. The van der Waals surface area contributed by atoms with Crippen molar-refractivity contribution in [1.29, 1.82) is 0 Å². The highest BCUT2D eigenvalue weighted by atomic mass is 79.9. The lowest BCUT2D eigenvalue weighted by atomic mass is 9.99. The van der Waals surface area contributed by atoms with E-state index in [0.717, 1.165) is 10.0 Å². The Balaban J connectivity index is 1.65. The lowest BCUT2D eigenvalue weighted by Gasteiger charge is -2.31. The summed E-state index contributed by atoms with van der Waals surface area (Å²) < 4.78 is 27.8. The highest BCUT2D eigenvalue weighted by Crippen LogP contribution is 2.23. The zero-order valence-corrected chi connectivity index (χ0v) is 16.7. The van der Waals surface area contributed by atoms with Gasteiger partial charge in [0, 0.05) is 23.2 Å². The zero-order valence-electron chi connectivity index (χ0n) is 14.3. The molecule has 2 aromatic rings. The summed E-state index contributed by atoms with van der Waals surface area (Å²) in [6, 6.07) is 16.5. The van der Waals surface area contributed by atoms with Gasteiger partial charge in [0.25, 0.3) is 0 Å². The number of hydrogen-bond donors (Lipinski definition) is 1. The molecule has 1 heterocycles. The van der Waals surface area contributed by atoms with Gasteiger partial charge in [-0.3, -0.25) is 4.79 Å². The molecule has 1 N–H and O–H groups in total. The van der Waals surface area contributed by atoms with Gasteiger partial charge in [-0.25, -0.2) is 12.7 Å². The first-order valence-electron chi connectivity index (χ1n) is 8.52. The summed E-state index contributed by atoms with van der Waals surface area (Å²) in [5, 5.41) is 2.88. The molecule has 1 amide bonds. The van der Waals surface area contributed by atoms with Gasteiger partial charge in [-0.15, -0.1) is 0 Å². The fraction of sp³-hybridized carbons (Fsp3) is 0.316. The third-order valence-electron chi connectivity index (χ3n) is 4.43. The molecule has 1 saturated heterocycles. The second-order valence-corrected chi connectivity index (χ2v) is 9.32. The van der Waals surface area contributed by atoms with Crippen LogP contribution in [0, 0.1) is 5.92 Å². The Bertz CT molecular complexity index is 871. The first kappa shape index (κ1) is 19.1. The summed E-state index contributed by atoms with van der Waals surface area (Å²) in [5.74, 6) is -0.510. The summed E-state index contributed by atoms with van der Waals surface area (Å²) in [6.07, 6.45) is 1.38. The van der Waals surface area contributed by atoms with Gasteiger partial charge < -0.3 is 5.32 Å². The van der Waals surface area contributed by atoms with Crippen molar-refractivity contribution in [3.63, 3.8) is 0 Å². The van der Waals surface area contributed by atoms with Crippen LogP contribution in [0.25, 0.3) is 0 Å². The van der Waals surface area contributed by atoms with Crippen LogP contribution in [-0.4, -0.2) is 31.7 Å². The topological polar surface area (TPSA) is 66.5 Å². The van der Waals surface area contributed by atoms with Crippen molar-refractivity contribution < 1.29 is 13.2 Å². The number of hydrogen-bond acceptors (Lipinski definition) is 3. The largest absolute Gasteiger partial charge is 0.326 e. The van der Waals surface area contributed by atoms with Crippen molar-refractivity contribution in [2.24, 2.45) is 5.92 Å². The molecule has 138 valence electrons. The maximum absolute atomic E-state index is 12.7. The number of nitrogens with zero attached hydrogens (tertiary/aromatic N) is 1. The van der Waals surface area contributed by atoms with Crippen molar-refractivity contribution in [3.05, 3.63) is 64.6 Å². The first-order valence-corrected chi connectivity index (χ1v) is 10.9. The number of anilines is 1. The predicted octanol–water partition coefficient (Wildman–Crippen LogP) is 3.63. The molecule has 2 aromatic carbocycles. The number of benzene rings is 2. The SMILES string of the molecule is O=C(Nc1cccc(Br)c1)[C@H]1CCCN(S(=O)(=O)Cc2ccccc2)C1. The summed E-state index contributed by atoms with van der Waals surface area (Å²) in [7, 11) is -3.44. The average molecular weight is 437 g/mol. The van der Waals surface area contributed by atoms with Gasteiger partial charge in [-0.05, 0) is 36.6 Å². The van der Waals surface area contributed by atoms with Crippen LogP contribution < -0.4 is 5.32 Å². The minimum absolute atomic E-state index is 0.0339.